The Morgan fingerprint density at radius 2 is 2.15 bits per heavy atom. The third-order valence-electron chi connectivity index (χ3n) is 2.72. The first-order valence-electron chi connectivity index (χ1n) is 5.78. The van der Waals surface area contributed by atoms with E-state index >= 15 is 0 Å². The summed E-state index contributed by atoms with van der Waals surface area (Å²) >= 11 is 8.44. The fourth-order valence-corrected chi connectivity index (χ4v) is 2.66. The minimum Gasteiger partial charge on any atom is -0.357 e. The van der Waals surface area contributed by atoms with Crippen molar-refractivity contribution in [1.29, 1.82) is 0 Å². The van der Waals surface area contributed by atoms with E-state index in [0.717, 1.165) is 14.6 Å². The summed E-state index contributed by atoms with van der Waals surface area (Å²) in [7, 11) is 1.76. The second-order valence-corrected chi connectivity index (χ2v) is 5.68. The molecule has 0 fully saturated rings. The van der Waals surface area contributed by atoms with Gasteiger partial charge < -0.3 is 10.6 Å². The first kappa shape index (κ1) is 13.4. The summed E-state index contributed by atoms with van der Waals surface area (Å²) in [4.78, 5) is 8.67. The molecule has 0 bridgehead atoms. The van der Waals surface area contributed by atoms with Crippen LogP contribution in [0.25, 0.3) is 11.0 Å². The highest BCUT2D eigenvalue weighted by atomic mass is 127. The van der Waals surface area contributed by atoms with Gasteiger partial charge in [-0.25, -0.2) is 0 Å². The van der Waals surface area contributed by atoms with E-state index in [1.165, 1.54) is 0 Å². The summed E-state index contributed by atoms with van der Waals surface area (Å²) in [6, 6.07) is 5.77. The first-order chi connectivity index (χ1) is 9.67. The molecule has 3 aromatic rings. The van der Waals surface area contributed by atoms with Crippen LogP contribution in [-0.2, 0) is 0 Å². The highest BCUT2D eigenvalue weighted by Crippen LogP contribution is 2.29. The van der Waals surface area contributed by atoms with E-state index in [-0.39, 0.29) is 0 Å². The van der Waals surface area contributed by atoms with Crippen molar-refractivity contribution in [2.24, 2.45) is 0 Å². The average Bonchev–Trinajstić information content (AvgIpc) is 2.90. The molecule has 3 rings (SSSR count). The number of rotatable bonds is 3. The molecule has 0 unspecified atom stereocenters. The van der Waals surface area contributed by atoms with Crippen LogP contribution >= 0.6 is 34.2 Å². The topological polar surface area (TPSA) is 78.5 Å². The maximum atomic E-state index is 6.23. The smallest absolute Gasteiger partial charge is 0.226 e. The Bertz CT molecular complexity index is 772. The Hall–Kier alpha value is -1.61. The largest absolute Gasteiger partial charge is 0.357 e. The van der Waals surface area contributed by atoms with Crippen molar-refractivity contribution in [2.75, 3.05) is 17.7 Å². The third kappa shape index (κ3) is 2.50. The molecule has 0 radical (unpaired) electrons. The van der Waals surface area contributed by atoms with Gasteiger partial charge in [0.1, 0.15) is 5.82 Å². The zero-order chi connectivity index (χ0) is 14.1. The number of H-pyrrole nitrogens is 1. The molecule has 2 aromatic heterocycles. The Kier molecular flexibility index (Phi) is 3.62. The van der Waals surface area contributed by atoms with Crippen LogP contribution in [0, 0.1) is 3.57 Å². The molecule has 102 valence electrons. The monoisotopic (exact) mass is 400 g/mol. The van der Waals surface area contributed by atoms with Gasteiger partial charge in [0.15, 0.2) is 5.65 Å². The fourth-order valence-electron chi connectivity index (χ4n) is 1.76. The molecule has 0 atom stereocenters. The molecule has 0 saturated heterocycles. The molecule has 0 aliphatic carbocycles. The molecule has 0 saturated carbocycles. The third-order valence-corrected chi connectivity index (χ3v) is 3.70. The van der Waals surface area contributed by atoms with Crippen LogP contribution in [0.4, 0.5) is 17.5 Å². The highest BCUT2D eigenvalue weighted by Gasteiger charge is 2.10. The number of fused-ring (bicyclic) bond motifs is 1. The minimum atomic E-state index is 0.505. The Morgan fingerprint density at radius 3 is 2.90 bits per heavy atom. The summed E-state index contributed by atoms with van der Waals surface area (Å²) in [6.45, 7) is 0. The van der Waals surface area contributed by atoms with Crippen molar-refractivity contribution >= 4 is 62.7 Å². The number of aromatic nitrogens is 4. The van der Waals surface area contributed by atoms with Gasteiger partial charge in [-0.1, -0.05) is 11.6 Å². The van der Waals surface area contributed by atoms with Gasteiger partial charge in [-0.15, -0.1) is 0 Å². The minimum absolute atomic E-state index is 0.505. The number of hydrogen-bond acceptors (Lipinski definition) is 5. The van der Waals surface area contributed by atoms with Gasteiger partial charge in [-0.05, 0) is 40.8 Å². The van der Waals surface area contributed by atoms with E-state index < -0.39 is 0 Å². The van der Waals surface area contributed by atoms with E-state index in [4.69, 9.17) is 11.6 Å². The van der Waals surface area contributed by atoms with Crippen molar-refractivity contribution in [3.05, 3.63) is 33.0 Å². The lowest BCUT2D eigenvalue weighted by Crippen LogP contribution is -2.01. The van der Waals surface area contributed by atoms with Crippen molar-refractivity contribution in [2.45, 2.75) is 0 Å². The summed E-state index contributed by atoms with van der Waals surface area (Å²) in [6.07, 6.45) is 1.68. The average molecular weight is 401 g/mol. The second-order valence-electron chi connectivity index (χ2n) is 4.03. The molecule has 3 N–H and O–H groups in total. The fraction of sp³-hybridized carbons (Fsp3) is 0.0833. The molecule has 1 aromatic carbocycles. The lowest BCUT2D eigenvalue weighted by molar-refractivity contribution is 1.09. The maximum Gasteiger partial charge on any atom is 0.226 e. The lowest BCUT2D eigenvalue weighted by Gasteiger charge is -2.10. The van der Waals surface area contributed by atoms with Crippen LogP contribution in [0.3, 0.4) is 0 Å². The van der Waals surface area contributed by atoms with Crippen LogP contribution in [0.1, 0.15) is 0 Å². The number of aromatic amines is 1. The number of nitrogens with zero attached hydrogens (tertiary/aromatic N) is 3. The SMILES string of the molecule is CNc1nc(Nc2ccc(I)cc2Cl)c2cn[nH]c2n1. The van der Waals surface area contributed by atoms with E-state index in [0.29, 0.717) is 22.4 Å². The molecule has 0 aliphatic rings. The first-order valence-corrected chi connectivity index (χ1v) is 7.24. The molecule has 8 heteroatoms. The number of benzene rings is 1. The van der Waals surface area contributed by atoms with E-state index in [2.05, 4.69) is 53.4 Å². The van der Waals surface area contributed by atoms with Crippen molar-refractivity contribution < 1.29 is 0 Å². The van der Waals surface area contributed by atoms with Gasteiger partial charge in [-0.3, -0.25) is 5.10 Å². The number of halogens is 2. The zero-order valence-electron chi connectivity index (χ0n) is 10.4. The molecule has 20 heavy (non-hydrogen) atoms. The number of anilines is 3. The van der Waals surface area contributed by atoms with Gasteiger partial charge in [0.25, 0.3) is 0 Å². The number of nitrogens with one attached hydrogen (secondary N) is 3. The highest BCUT2D eigenvalue weighted by molar-refractivity contribution is 14.1. The van der Waals surface area contributed by atoms with Crippen LogP contribution in [0.5, 0.6) is 0 Å². The van der Waals surface area contributed by atoms with Crippen molar-refractivity contribution in [3.8, 4) is 0 Å². The van der Waals surface area contributed by atoms with Gasteiger partial charge in [0, 0.05) is 10.6 Å². The maximum absolute atomic E-state index is 6.23. The molecule has 0 amide bonds. The van der Waals surface area contributed by atoms with Gasteiger partial charge in [-0.2, -0.15) is 15.1 Å². The van der Waals surface area contributed by atoms with Gasteiger partial charge in [0.2, 0.25) is 5.95 Å². The second kappa shape index (κ2) is 5.41. The predicted molar refractivity (Wildman–Crippen MR) is 88.7 cm³/mol. The van der Waals surface area contributed by atoms with E-state index in [9.17, 15) is 0 Å². The molecule has 0 spiro atoms. The standard InChI is InChI=1S/C12H10ClIN6/c1-15-12-18-10(7-5-16-20-11(7)19-12)17-9-3-2-6(14)4-8(9)13/h2-5H,1H3,(H3,15,16,17,18,19,20). The predicted octanol–water partition coefficient (Wildman–Crippen LogP) is 3.40. The van der Waals surface area contributed by atoms with Crippen molar-refractivity contribution in [3.63, 3.8) is 0 Å². The zero-order valence-corrected chi connectivity index (χ0v) is 13.3. The Balaban J connectivity index is 2.07. The van der Waals surface area contributed by atoms with Crippen LogP contribution in [0.2, 0.25) is 5.02 Å². The van der Waals surface area contributed by atoms with Crippen LogP contribution in [0.15, 0.2) is 24.4 Å². The molecule has 0 aliphatic heterocycles. The summed E-state index contributed by atoms with van der Waals surface area (Å²) < 4.78 is 1.07. The van der Waals surface area contributed by atoms with Crippen molar-refractivity contribution in [1.82, 2.24) is 20.2 Å². The summed E-state index contributed by atoms with van der Waals surface area (Å²) in [5, 5.41) is 14.4. The van der Waals surface area contributed by atoms with Gasteiger partial charge >= 0.3 is 0 Å². The van der Waals surface area contributed by atoms with E-state index in [1.807, 2.05) is 18.2 Å². The van der Waals surface area contributed by atoms with Crippen LogP contribution < -0.4 is 10.6 Å². The number of hydrogen-bond donors (Lipinski definition) is 3. The lowest BCUT2D eigenvalue weighted by atomic mass is 10.3. The molecule has 6 nitrogen and oxygen atoms in total. The Morgan fingerprint density at radius 1 is 1.30 bits per heavy atom. The summed E-state index contributed by atoms with van der Waals surface area (Å²) in [5.74, 6) is 1.15. The molecule has 2 heterocycles. The normalized spacial score (nSPS) is 10.8. The van der Waals surface area contributed by atoms with Crippen LogP contribution in [-0.4, -0.2) is 27.2 Å². The molecular formula is C12H10ClIN6. The quantitative estimate of drug-likeness (QED) is 0.587. The molecular weight excluding hydrogens is 391 g/mol. The summed E-state index contributed by atoms with van der Waals surface area (Å²) in [5.41, 5.74) is 1.45. The van der Waals surface area contributed by atoms with Gasteiger partial charge in [0.05, 0.1) is 22.3 Å². The Labute approximate surface area is 133 Å². The van der Waals surface area contributed by atoms with E-state index in [1.54, 1.807) is 13.2 Å².